The molecule has 1 N–H and O–H groups in total. The van der Waals surface area contributed by atoms with Gasteiger partial charge in [0.2, 0.25) is 0 Å². The van der Waals surface area contributed by atoms with Gasteiger partial charge in [0, 0.05) is 12.6 Å². The summed E-state index contributed by atoms with van der Waals surface area (Å²) in [5.41, 5.74) is 2.32. The van der Waals surface area contributed by atoms with Gasteiger partial charge in [-0.2, -0.15) is 0 Å². The van der Waals surface area contributed by atoms with Gasteiger partial charge >= 0.3 is 0 Å². The predicted octanol–water partition coefficient (Wildman–Crippen LogP) is 3.23. The maximum Gasteiger partial charge on any atom is 0.0961 e. The molecule has 0 aliphatic rings. The third-order valence-corrected chi connectivity index (χ3v) is 3.28. The molecule has 1 aromatic heterocycles. The molecular formula is C15H23N3. The third-order valence-electron chi connectivity index (χ3n) is 3.28. The van der Waals surface area contributed by atoms with Gasteiger partial charge in [0.15, 0.2) is 0 Å². The van der Waals surface area contributed by atoms with Gasteiger partial charge in [-0.05, 0) is 31.0 Å². The summed E-state index contributed by atoms with van der Waals surface area (Å²) in [6.07, 6.45) is 3.08. The van der Waals surface area contributed by atoms with Crippen molar-refractivity contribution in [1.29, 1.82) is 0 Å². The van der Waals surface area contributed by atoms with Crippen molar-refractivity contribution < 1.29 is 0 Å². The van der Waals surface area contributed by atoms with Crippen LogP contribution in [-0.4, -0.2) is 22.6 Å². The van der Waals surface area contributed by atoms with Gasteiger partial charge < -0.3 is 9.88 Å². The summed E-state index contributed by atoms with van der Waals surface area (Å²) >= 11 is 0. The number of rotatable bonds is 6. The van der Waals surface area contributed by atoms with Crippen molar-refractivity contribution >= 4 is 11.0 Å². The Kier molecular flexibility index (Phi) is 4.37. The van der Waals surface area contributed by atoms with Crippen LogP contribution in [0.2, 0.25) is 0 Å². The maximum absolute atomic E-state index is 4.47. The Morgan fingerprint density at radius 3 is 2.72 bits per heavy atom. The Morgan fingerprint density at radius 2 is 2.00 bits per heavy atom. The summed E-state index contributed by atoms with van der Waals surface area (Å²) < 4.78 is 2.29. The molecule has 0 aliphatic carbocycles. The number of para-hydroxylation sites is 2. The second kappa shape index (κ2) is 6.01. The number of aromatic nitrogens is 2. The van der Waals surface area contributed by atoms with E-state index in [4.69, 9.17) is 0 Å². The number of fused-ring (bicyclic) bond motifs is 1. The zero-order valence-electron chi connectivity index (χ0n) is 11.6. The highest BCUT2D eigenvalue weighted by atomic mass is 15.1. The van der Waals surface area contributed by atoms with Crippen molar-refractivity contribution in [3.05, 3.63) is 30.6 Å². The maximum atomic E-state index is 4.47. The number of hydrogen-bond donors (Lipinski definition) is 1. The van der Waals surface area contributed by atoms with Gasteiger partial charge in [0.1, 0.15) is 0 Å². The fourth-order valence-electron chi connectivity index (χ4n) is 2.25. The average Bonchev–Trinajstić information content (AvgIpc) is 2.78. The molecule has 1 aromatic carbocycles. The van der Waals surface area contributed by atoms with Crippen LogP contribution in [0.5, 0.6) is 0 Å². The summed E-state index contributed by atoms with van der Waals surface area (Å²) in [6, 6.07) is 8.82. The lowest BCUT2D eigenvalue weighted by Crippen LogP contribution is -2.27. The van der Waals surface area contributed by atoms with Crippen molar-refractivity contribution in [3.63, 3.8) is 0 Å². The molecule has 1 heterocycles. The van der Waals surface area contributed by atoms with Gasteiger partial charge in [-0.15, -0.1) is 0 Å². The van der Waals surface area contributed by atoms with Crippen LogP contribution in [0.3, 0.4) is 0 Å². The molecule has 0 radical (unpaired) electrons. The molecule has 0 spiro atoms. The highest BCUT2D eigenvalue weighted by Crippen LogP contribution is 2.19. The number of benzene rings is 1. The van der Waals surface area contributed by atoms with Crippen molar-refractivity contribution in [2.24, 2.45) is 5.92 Å². The van der Waals surface area contributed by atoms with Crippen LogP contribution in [0.25, 0.3) is 11.0 Å². The topological polar surface area (TPSA) is 29.9 Å². The molecule has 1 atom stereocenters. The molecule has 0 saturated carbocycles. The molecule has 0 aliphatic heterocycles. The van der Waals surface area contributed by atoms with Gasteiger partial charge in [-0.1, -0.05) is 32.9 Å². The van der Waals surface area contributed by atoms with Crippen molar-refractivity contribution in [2.45, 2.75) is 33.2 Å². The van der Waals surface area contributed by atoms with Gasteiger partial charge in [0.05, 0.1) is 17.4 Å². The van der Waals surface area contributed by atoms with E-state index < -0.39 is 0 Å². The third kappa shape index (κ3) is 2.91. The molecule has 1 unspecified atom stereocenters. The number of nitrogens with zero attached hydrogens (tertiary/aromatic N) is 2. The molecule has 2 aromatic rings. The van der Waals surface area contributed by atoms with Crippen LogP contribution in [0.1, 0.15) is 33.2 Å². The molecule has 0 fully saturated rings. The largest absolute Gasteiger partial charge is 0.326 e. The SMILES string of the molecule is CCC(CNCC(C)C)n1cnc2ccccc21. The van der Waals surface area contributed by atoms with Crippen molar-refractivity contribution in [3.8, 4) is 0 Å². The fraction of sp³-hybridized carbons (Fsp3) is 0.533. The van der Waals surface area contributed by atoms with Crippen molar-refractivity contribution in [2.75, 3.05) is 13.1 Å². The van der Waals surface area contributed by atoms with Crippen LogP contribution in [0, 0.1) is 5.92 Å². The molecule has 18 heavy (non-hydrogen) atoms. The van der Waals surface area contributed by atoms with E-state index in [1.165, 1.54) is 5.52 Å². The Hall–Kier alpha value is -1.35. The van der Waals surface area contributed by atoms with E-state index in [-0.39, 0.29) is 0 Å². The molecule has 0 amide bonds. The first-order valence-corrected chi connectivity index (χ1v) is 6.84. The molecule has 0 saturated heterocycles. The number of nitrogens with one attached hydrogen (secondary N) is 1. The van der Waals surface area contributed by atoms with E-state index in [2.05, 4.69) is 53.8 Å². The fourth-order valence-corrected chi connectivity index (χ4v) is 2.25. The van der Waals surface area contributed by atoms with Crippen molar-refractivity contribution in [1.82, 2.24) is 14.9 Å². The van der Waals surface area contributed by atoms with Gasteiger partial charge in [-0.3, -0.25) is 0 Å². The van der Waals surface area contributed by atoms with E-state index in [1.807, 2.05) is 12.4 Å². The second-order valence-corrected chi connectivity index (χ2v) is 5.25. The molecule has 0 bridgehead atoms. The zero-order valence-corrected chi connectivity index (χ0v) is 11.6. The first-order valence-electron chi connectivity index (χ1n) is 6.84. The highest BCUT2D eigenvalue weighted by Gasteiger charge is 2.11. The van der Waals surface area contributed by atoms with Crippen LogP contribution in [0.4, 0.5) is 0 Å². The average molecular weight is 245 g/mol. The number of hydrogen-bond acceptors (Lipinski definition) is 2. The summed E-state index contributed by atoms with van der Waals surface area (Å²) in [6.45, 7) is 8.79. The van der Waals surface area contributed by atoms with Crippen LogP contribution in [0.15, 0.2) is 30.6 Å². The summed E-state index contributed by atoms with van der Waals surface area (Å²) in [5.74, 6) is 0.696. The van der Waals surface area contributed by atoms with Gasteiger partial charge in [-0.25, -0.2) is 4.98 Å². The monoisotopic (exact) mass is 245 g/mol. The lowest BCUT2D eigenvalue weighted by Gasteiger charge is -2.19. The van der Waals surface area contributed by atoms with E-state index >= 15 is 0 Å². The predicted molar refractivity (Wildman–Crippen MR) is 76.8 cm³/mol. The molecule has 3 nitrogen and oxygen atoms in total. The quantitative estimate of drug-likeness (QED) is 0.846. The molecule has 2 rings (SSSR count). The standard InChI is InChI=1S/C15H23N3/c1-4-13(10-16-9-12(2)3)18-11-17-14-7-5-6-8-15(14)18/h5-8,11-13,16H,4,9-10H2,1-3H3. The van der Waals surface area contributed by atoms with E-state index in [1.54, 1.807) is 0 Å². The zero-order chi connectivity index (χ0) is 13.0. The molecule has 98 valence electrons. The molecule has 3 heteroatoms. The van der Waals surface area contributed by atoms with Gasteiger partial charge in [0.25, 0.3) is 0 Å². The minimum atomic E-state index is 0.483. The second-order valence-electron chi connectivity index (χ2n) is 5.25. The smallest absolute Gasteiger partial charge is 0.0961 e. The van der Waals surface area contributed by atoms with E-state index in [0.29, 0.717) is 12.0 Å². The first kappa shape index (κ1) is 13.1. The highest BCUT2D eigenvalue weighted by molar-refractivity contribution is 5.75. The Bertz CT molecular complexity index is 487. The Morgan fingerprint density at radius 1 is 1.22 bits per heavy atom. The Balaban J connectivity index is 2.12. The van der Waals surface area contributed by atoms with Crippen LogP contribution < -0.4 is 5.32 Å². The summed E-state index contributed by atoms with van der Waals surface area (Å²) in [4.78, 5) is 4.47. The minimum absolute atomic E-state index is 0.483. The first-order chi connectivity index (χ1) is 8.72. The van der Waals surface area contributed by atoms with Crippen LogP contribution in [-0.2, 0) is 0 Å². The lowest BCUT2D eigenvalue weighted by molar-refractivity contribution is 0.436. The van der Waals surface area contributed by atoms with E-state index in [9.17, 15) is 0 Å². The summed E-state index contributed by atoms with van der Waals surface area (Å²) in [5, 5.41) is 3.54. The summed E-state index contributed by atoms with van der Waals surface area (Å²) in [7, 11) is 0. The Labute approximate surface area is 109 Å². The molecular weight excluding hydrogens is 222 g/mol. The van der Waals surface area contributed by atoms with Crippen LogP contribution >= 0.6 is 0 Å². The minimum Gasteiger partial charge on any atom is -0.326 e. The van der Waals surface area contributed by atoms with E-state index in [0.717, 1.165) is 25.0 Å². The lowest BCUT2D eigenvalue weighted by atomic mass is 10.2. The number of imidazole rings is 1. The normalized spacial score (nSPS) is 13.3.